The topological polar surface area (TPSA) is 38.3 Å². The molecule has 0 fully saturated rings. The van der Waals surface area contributed by atoms with E-state index in [1.807, 2.05) is 31.2 Å². The van der Waals surface area contributed by atoms with Crippen molar-refractivity contribution in [3.63, 3.8) is 0 Å². The van der Waals surface area contributed by atoms with Gasteiger partial charge in [-0.15, -0.1) is 12.4 Å². The zero-order valence-corrected chi connectivity index (χ0v) is 9.06. The minimum atomic E-state index is -0.0656. The van der Waals surface area contributed by atoms with Gasteiger partial charge in [-0.3, -0.25) is 4.79 Å². The zero-order valence-electron chi connectivity index (χ0n) is 8.24. The summed E-state index contributed by atoms with van der Waals surface area (Å²) in [4.78, 5) is 10.7. The normalized spacial score (nSPS) is 8.71. The SMILES string of the molecule is CCOc1ccc(NC(C)=O)cc1.Cl. The molecule has 1 aromatic rings. The van der Waals surface area contributed by atoms with Crippen molar-refractivity contribution >= 4 is 24.0 Å². The van der Waals surface area contributed by atoms with Gasteiger partial charge in [0.05, 0.1) is 6.61 Å². The van der Waals surface area contributed by atoms with Crippen LogP contribution in [0.3, 0.4) is 0 Å². The highest BCUT2D eigenvalue weighted by atomic mass is 35.5. The van der Waals surface area contributed by atoms with Crippen LogP contribution in [0.1, 0.15) is 13.8 Å². The van der Waals surface area contributed by atoms with Crippen LogP contribution in [0.25, 0.3) is 0 Å². The molecule has 1 amide bonds. The molecule has 0 aliphatic heterocycles. The van der Waals surface area contributed by atoms with Crippen molar-refractivity contribution in [1.29, 1.82) is 0 Å². The number of carbonyl (C=O) groups is 1. The number of nitrogens with one attached hydrogen (secondary N) is 1. The lowest BCUT2D eigenvalue weighted by Gasteiger charge is -2.04. The predicted octanol–water partition coefficient (Wildman–Crippen LogP) is 2.47. The molecule has 3 nitrogen and oxygen atoms in total. The molecule has 0 atom stereocenters. The average molecular weight is 216 g/mol. The number of benzene rings is 1. The van der Waals surface area contributed by atoms with E-state index in [0.29, 0.717) is 6.61 Å². The number of ether oxygens (including phenoxy) is 1. The first-order valence-electron chi connectivity index (χ1n) is 4.23. The summed E-state index contributed by atoms with van der Waals surface area (Å²) in [6.07, 6.45) is 0. The standard InChI is InChI=1S/C10H13NO2.ClH/c1-3-13-10-6-4-9(5-7-10)11-8(2)12;/h4-7H,3H2,1-2H3,(H,11,12);1H. The fourth-order valence-corrected chi connectivity index (χ4v) is 1.00. The molecule has 1 N–H and O–H groups in total. The summed E-state index contributed by atoms with van der Waals surface area (Å²) in [6, 6.07) is 7.28. The molecule has 0 bridgehead atoms. The van der Waals surface area contributed by atoms with Crippen LogP contribution < -0.4 is 10.1 Å². The van der Waals surface area contributed by atoms with E-state index in [-0.39, 0.29) is 18.3 Å². The lowest BCUT2D eigenvalue weighted by Crippen LogP contribution is -2.05. The van der Waals surface area contributed by atoms with Gasteiger partial charge < -0.3 is 10.1 Å². The zero-order chi connectivity index (χ0) is 9.68. The Labute approximate surface area is 89.9 Å². The third-order valence-corrected chi connectivity index (χ3v) is 1.49. The second-order valence-electron chi connectivity index (χ2n) is 2.64. The van der Waals surface area contributed by atoms with E-state index in [1.54, 1.807) is 0 Å². The number of rotatable bonds is 3. The maximum Gasteiger partial charge on any atom is 0.221 e. The highest BCUT2D eigenvalue weighted by Gasteiger charge is 1.95. The number of hydrogen-bond acceptors (Lipinski definition) is 2. The molecule has 1 rings (SSSR count). The molecule has 0 heterocycles. The van der Waals surface area contributed by atoms with E-state index in [9.17, 15) is 4.79 Å². The van der Waals surface area contributed by atoms with Gasteiger partial charge in [-0.2, -0.15) is 0 Å². The van der Waals surface area contributed by atoms with Crippen LogP contribution in [0.4, 0.5) is 5.69 Å². The van der Waals surface area contributed by atoms with Crippen molar-refractivity contribution < 1.29 is 9.53 Å². The Hall–Kier alpha value is -1.22. The Kier molecular flexibility index (Phi) is 5.72. The summed E-state index contributed by atoms with van der Waals surface area (Å²) in [5, 5.41) is 2.68. The molecule has 4 heteroatoms. The Morgan fingerprint density at radius 2 is 1.93 bits per heavy atom. The summed E-state index contributed by atoms with van der Waals surface area (Å²) in [7, 11) is 0. The van der Waals surface area contributed by atoms with Crippen molar-refractivity contribution in [3.8, 4) is 5.75 Å². The van der Waals surface area contributed by atoms with Gasteiger partial charge >= 0.3 is 0 Å². The summed E-state index contributed by atoms with van der Waals surface area (Å²) >= 11 is 0. The molecule has 0 unspecified atom stereocenters. The van der Waals surface area contributed by atoms with Gasteiger partial charge in [-0.25, -0.2) is 0 Å². The molecule has 0 aliphatic carbocycles. The van der Waals surface area contributed by atoms with Gasteiger partial charge in [-0.1, -0.05) is 0 Å². The molecular formula is C10H14ClNO2. The Morgan fingerprint density at radius 3 is 2.36 bits per heavy atom. The van der Waals surface area contributed by atoms with Gasteiger partial charge in [0.25, 0.3) is 0 Å². The van der Waals surface area contributed by atoms with E-state index < -0.39 is 0 Å². The summed E-state index contributed by atoms with van der Waals surface area (Å²) in [6.45, 7) is 4.07. The minimum absolute atomic E-state index is 0. The van der Waals surface area contributed by atoms with Crippen LogP contribution in [-0.2, 0) is 4.79 Å². The number of anilines is 1. The highest BCUT2D eigenvalue weighted by Crippen LogP contribution is 2.15. The Balaban J connectivity index is 0.00000169. The lowest BCUT2D eigenvalue weighted by atomic mass is 10.3. The second kappa shape index (κ2) is 6.27. The number of halogens is 1. The second-order valence-corrected chi connectivity index (χ2v) is 2.64. The van der Waals surface area contributed by atoms with Gasteiger partial charge in [0.1, 0.15) is 5.75 Å². The fraction of sp³-hybridized carbons (Fsp3) is 0.300. The molecule has 1 aromatic carbocycles. The number of hydrogen-bond donors (Lipinski definition) is 1. The van der Waals surface area contributed by atoms with Gasteiger partial charge in [-0.05, 0) is 31.2 Å². The Bertz CT molecular complexity index is 285. The minimum Gasteiger partial charge on any atom is -0.494 e. The van der Waals surface area contributed by atoms with Crippen molar-refractivity contribution in [2.24, 2.45) is 0 Å². The molecule has 0 saturated carbocycles. The van der Waals surface area contributed by atoms with Crippen LogP contribution in [-0.4, -0.2) is 12.5 Å². The quantitative estimate of drug-likeness (QED) is 0.841. The molecule has 0 aromatic heterocycles. The van der Waals surface area contributed by atoms with Gasteiger partial charge in [0.15, 0.2) is 0 Å². The third kappa shape index (κ3) is 4.14. The maximum absolute atomic E-state index is 10.7. The molecule has 0 radical (unpaired) electrons. The summed E-state index contributed by atoms with van der Waals surface area (Å²) in [5.74, 6) is 0.751. The van der Waals surface area contributed by atoms with E-state index in [2.05, 4.69) is 5.32 Å². The highest BCUT2D eigenvalue weighted by molar-refractivity contribution is 5.88. The molecule has 78 valence electrons. The molecular weight excluding hydrogens is 202 g/mol. The first-order valence-corrected chi connectivity index (χ1v) is 4.23. The smallest absolute Gasteiger partial charge is 0.221 e. The molecule has 0 aliphatic rings. The van der Waals surface area contributed by atoms with E-state index >= 15 is 0 Å². The van der Waals surface area contributed by atoms with E-state index in [4.69, 9.17) is 4.74 Å². The largest absolute Gasteiger partial charge is 0.494 e. The van der Waals surface area contributed by atoms with Crippen molar-refractivity contribution in [2.45, 2.75) is 13.8 Å². The average Bonchev–Trinajstić information content (AvgIpc) is 2.08. The van der Waals surface area contributed by atoms with Crippen LogP contribution in [0.5, 0.6) is 5.75 Å². The van der Waals surface area contributed by atoms with Crippen LogP contribution >= 0.6 is 12.4 Å². The lowest BCUT2D eigenvalue weighted by molar-refractivity contribution is -0.114. The van der Waals surface area contributed by atoms with Gasteiger partial charge in [0, 0.05) is 12.6 Å². The predicted molar refractivity (Wildman–Crippen MR) is 59.2 cm³/mol. The maximum atomic E-state index is 10.7. The van der Waals surface area contributed by atoms with E-state index in [0.717, 1.165) is 11.4 Å². The molecule has 0 spiro atoms. The summed E-state index contributed by atoms with van der Waals surface area (Å²) < 4.78 is 5.25. The molecule has 0 saturated heterocycles. The van der Waals surface area contributed by atoms with Crippen molar-refractivity contribution in [2.75, 3.05) is 11.9 Å². The van der Waals surface area contributed by atoms with Crippen molar-refractivity contribution in [3.05, 3.63) is 24.3 Å². The van der Waals surface area contributed by atoms with Crippen molar-refractivity contribution in [1.82, 2.24) is 0 Å². The van der Waals surface area contributed by atoms with Crippen LogP contribution in [0.15, 0.2) is 24.3 Å². The third-order valence-electron chi connectivity index (χ3n) is 1.49. The monoisotopic (exact) mass is 215 g/mol. The molecule has 14 heavy (non-hydrogen) atoms. The van der Waals surface area contributed by atoms with E-state index in [1.165, 1.54) is 6.92 Å². The fourth-order valence-electron chi connectivity index (χ4n) is 1.00. The number of carbonyl (C=O) groups excluding carboxylic acids is 1. The van der Waals surface area contributed by atoms with Gasteiger partial charge in [0.2, 0.25) is 5.91 Å². The summed E-state index contributed by atoms with van der Waals surface area (Å²) in [5.41, 5.74) is 0.788. The number of amides is 1. The Morgan fingerprint density at radius 1 is 1.36 bits per heavy atom. The van der Waals surface area contributed by atoms with Crippen LogP contribution in [0.2, 0.25) is 0 Å². The first kappa shape index (κ1) is 12.8. The van der Waals surface area contributed by atoms with Crippen LogP contribution in [0, 0.1) is 0 Å². The first-order chi connectivity index (χ1) is 6.22.